The first-order valence-electron chi connectivity index (χ1n) is 10.2. The molecule has 0 saturated carbocycles. The second-order valence-electron chi connectivity index (χ2n) is 8.77. The molecule has 0 aliphatic carbocycles. The second-order valence-corrected chi connectivity index (χ2v) is 9.82. The molecule has 0 N–H and O–H groups in total. The third kappa shape index (κ3) is 2.44. The van der Waals surface area contributed by atoms with Gasteiger partial charge in [0.05, 0.1) is 26.9 Å². The Kier molecular flexibility index (Phi) is 3.60. The van der Waals surface area contributed by atoms with E-state index in [2.05, 4.69) is 98.1 Å². The average molecular weight is 408 g/mol. The molecule has 0 saturated heterocycles. The van der Waals surface area contributed by atoms with E-state index >= 15 is 0 Å². The van der Waals surface area contributed by atoms with E-state index < -0.39 is 0 Å². The van der Waals surface area contributed by atoms with E-state index in [9.17, 15) is 0 Å². The van der Waals surface area contributed by atoms with Crippen molar-refractivity contribution in [2.24, 2.45) is 0 Å². The Hall–Kier alpha value is -3.24. The summed E-state index contributed by atoms with van der Waals surface area (Å²) in [6, 6.07) is 25.6. The molecule has 0 fully saturated rings. The van der Waals surface area contributed by atoms with Gasteiger partial charge in [-0.1, -0.05) is 75.4 Å². The zero-order valence-corrected chi connectivity index (χ0v) is 18.0. The van der Waals surface area contributed by atoms with Gasteiger partial charge < -0.3 is 0 Å². The molecule has 6 rings (SSSR count). The van der Waals surface area contributed by atoms with Gasteiger partial charge in [0.25, 0.3) is 0 Å². The van der Waals surface area contributed by atoms with Gasteiger partial charge in [-0.05, 0) is 18.2 Å². The highest BCUT2D eigenvalue weighted by Gasteiger charge is 2.25. The minimum absolute atomic E-state index is 0.0877. The summed E-state index contributed by atoms with van der Waals surface area (Å²) in [4.78, 5) is 10.3. The molecule has 0 aliphatic heterocycles. The quantitative estimate of drug-likeness (QED) is 0.288. The number of para-hydroxylation sites is 2. The average Bonchev–Trinajstić information content (AvgIpc) is 3.28. The van der Waals surface area contributed by atoms with Crippen LogP contribution in [0.3, 0.4) is 0 Å². The molecule has 3 aromatic carbocycles. The van der Waals surface area contributed by atoms with E-state index in [0.29, 0.717) is 0 Å². The van der Waals surface area contributed by atoms with Crippen molar-refractivity contribution in [3.8, 4) is 5.95 Å². The maximum atomic E-state index is 5.17. The molecule has 3 aromatic heterocycles. The Morgan fingerprint density at radius 2 is 1.27 bits per heavy atom. The van der Waals surface area contributed by atoms with E-state index in [1.165, 1.54) is 25.6 Å². The number of hydrogen-bond acceptors (Lipinski definition) is 3. The molecule has 3 nitrogen and oxygen atoms in total. The zero-order chi connectivity index (χ0) is 20.5. The number of aromatic nitrogens is 3. The van der Waals surface area contributed by atoms with Crippen LogP contribution in [0, 0.1) is 0 Å². The zero-order valence-electron chi connectivity index (χ0n) is 17.2. The molecule has 30 heavy (non-hydrogen) atoms. The lowest BCUT2D eigenvalue weighted by Gasteiger charge is -2.19. The van der Waals surface area contributed by atoms with Crippen molar-refractivity contribution in [1.29, 1.82) is 0 Å². The van der Waals surface area contributed by atoms with Gasteiger partial charge in [0.15, 0.2) is 0 Å². The van der Waals surface area contributed by atoms with Crippen LogP contribution in [0.4, 0.5) is 0 Å². The molecule has 0 amide bonds. The Morgan fingerprint density at radius 1 is 0.700 bits per heavy atom. The van der Waals surface area contributed by atoms with E-state index in [1.54, 1.807) is 11.3 Å². The maximum absolute atomic E-state index is 5.17. The topological polar surface area (TPSA) is 30.7 Å². The van der Waals surface area contributed by atoms with Gasteiger partial charge in [-0.15, -0.1) is 11.3 Å². The molecule has 0 atom stereocenters. The van der Waals surface area contributed by atoms with Gasteiger partial charge >= 0.3 is 0 Å². The highest BCUT2D eigenvalue weighted by Crippen LogP contribution is 2.39. The second kappa shape index (κ2) is 6.13. The van der Waals surface area contributed by atoms with Gasteiger partial charge in [-0.2, -0.15) is 0 Å². The maximum Gasteiger partial charge on any atom is 0.235 e. The summed E-state index contributed by atoms with van der Waals surface area (Å²) in [6.07, 6.45) is 0. The normalized spacial score (nSPS) is 12.5. The predicted octanol–water partition coefficient (Wildman–Crippen LogP) is 7.24. The number of nitrogens with zero attached hydrogens (tertiary/aromatic N) is 3. The van der Waals surface area contributed by atoms with Crippen molar-refractivity contribution >= 4 is 53.4 Å². The summed E-state index contributed by atoms with van der Waals surface area (Å²) in [5.74, 6) is 0.744. The van der Waals surface area contributed by atoms with Gasteiger partial charge in [0.1, 0.15) is 0 Å². The van der Waals surface area contributed by atoms with Gasteiger partial charge in [-0.25, -0.2) is 9.97 Å². The molecule has 3 heterocycles. The molecule has 6 aromatic rings. The summed E-state index contributed by atoms with van der Waals surface area (Å²) < 4.78 is 4.66. The summed E-state index contributed by atoms with van der Waals surface area (Å²) in [5, 5.41) is 3.65. The minimum atomic E-state index is -0.0877. The monoisotopic (exact) mass is 407 g/mol. The van der Waals surface area contributed by atoms with Crippen LogP contribution in [0.2, 0.25) is 0 Å². The first-order chi connectivity index (χ1) is 14.5. The van der Waals surface area contributed by atoms with Crippen molar-refractivity contribution in [1.82, 2.24) is 14.5 Å². The van der Waals surface area contributed by atoms with E-state index in [-0.39, 0.29) is 5.41 Å². The highest BCUT2D eigenvalue weighted by atomic mass is 32.1. The SMILES string of the molecule is CC(C)(C)c1nc(-n2c3ccccc3c3ccccc32)nc2c1sc1ccccc12. The Morgan fingerprint density at radius 3 is 1.90 bits per heavy atom. The van der Waals surface area contributed by atoms with Crippen molar-refractivity contribution in [2.75, 3.05) is 0 Å². The lowest BCUT2D eigenvalue weighted by atomic mass is 9.91. The summed E-state index contributed by atoms with van der Waals surface area (Å²) in [6.45, 7) is 6.69. The third-order valence-electron chi connectivity index (χ3n) is 5.70. The van der Waals surface area contributed by atoms with Crippen molar-refractivity contribution in [3.63, 3.8) is 0 Å². The van der Waals surface area contributed by atoms with E-state index in [0.717, 1.165) is 28.2 Å². The molecule has 0 spiro atoms. The summed E-state index contributed by atoms with van der Waals surface area (Å²) >= 11 is 1.79. The van der Waals surface area contributed by atoms with Crippen molar-refractivity contribution in [2.45, 2.75) is 26.2 Å². The number of fused-ring (bicyclic) bond motifs is 6. The van der Waals surface area contributed by atoms with E-state index in [4.69, 9.17) is 9.97 Å². The molecule has 0 bridgehead atoms. The lowest BCUT2D eigenvalue weighted by molar-refractivity contribution is 0.573. The van der Waals surface area contributed by atoms with Crippen LogP contribution < -0.4 is 0 Å². The van der Waals surface area contributed by atoms with Crippen LogP contribution >= 0.6 is 11.3 Å². The molecule has 4 heteroatoms. The fraction of sp³-hybridized carbons (Fsp3) is 0.154. The standard InChI is InChI=1S/C26H21N3S/c1-26(2,3)24-23-22(18-12-6-9-15-21(18)30-23)27-25(28-24)29-19-13-7-4-10-16(19)17-11-5-8-14-20(17)29/h4-15H,1-3H3. The fourth-order valence-electron chi connectivity index (χ4n) is 4.33. The van der Waals surface area contributed by atoms with Crippen LogP contribution in [0.15, 0.2) is 72.8 Å². The number of benzene rings is 3. The van der Waals surface area contributed by atoms with Crippen molar-refractivity contribution < 1.29 is 0 Å². The van der Waals surface area contributed by atoms with Crippen LogP contribution in [-0.4, -0.2) is 14.5 Å². The minimum Gasteiger partial charge on any atom is -0.278 e. The largest absolute Gasteiger partial charge is 0.278 e. The first-order valence-corrected chi connectivity index (χ1v) is 11.0. The predicted molar refractivity (Wildman–Crippen MR) is 128 cm³/mol. The molecule has 0 aliphatic rings. The third-order valence-corrected chi connectivity index (χ3v) is 6.87. The van der Waals surface area contributed by atoms with Gasteiger partial charge in [-0.3, -0.25) is 4.57 Å². The van der Waals surface area contributed by atoms with Crippen LogP contribution in [0.25, 0.3) is 48.1 Å². The summed E-state index contributed by atoms with van der Waals surface area (Å²) in [7, 11) is 0. The highest BCUT2D eigenvalue weighted by molar-refractivity contribution is 7.25. The van der Waals surface area contributed by atoms with Crippen LogP contribution in [0.5, 0.6) is 0 Å². The Bertz CT molecular complexity index is 1530. The Labute approximate surface area is 178 Å². The first kappa shape index (κ1) is 17.6. The lowest BCUT2D eigenvalue weighted by Crippen LogP contribution is -2.16. The number of rotatable bonds is 1. The fourth-order valence-corrected chi connectivity index (χ4v) is 5.67. The van der Waals surface area contributed by atoms with Gasteiger partial charge in [0, 0.05) is 26.3 Å². The molecular formula is C26H21N3S. The van der Waals surface area contributed by atoms with Crippen molar-refractivity contribution in [3.05, 3.63) is 78.5 Å². The summed E-state index contributed by atoms with van der Waals surface area (Å²) in [5.41, 5.74) is 4.34. The van der Waals surface area contributed by atoms with Gasteiger partial charge in [0.2, 0.25) is 5.95 Å². The van der Waals surface area contributed by atoms with Crippen LogP contribution in [0.1, 0.15) is 26.5 Å². The molecule has 0 radical (unpaired) electrons. The van der Waals surface area contributed by atoms with E-state index in [1.807, 2.05) is 0 Å². The smallest absolute Gasteiger partial charge is 0.235 e. The van der Waals surface area contributed by atoms with Crippen LogP contribution in [-0.2, 0) is 5.41 Å². The number of hydrogen-bond donors (Lipinski definition) is 0. The molecular weight excluding hydrogens is 386 g/mol. The number of thiophene rings is 1. The molecule has 0 unspecified atom stereocenters. The molecule has 146 valence electrons. The Balaban J connectivity index is 1.81.